The molecule has 2 unspecified atom stereocenters. The molecule has 0 spiro atoms. The molecule has 0 radical (unpaired) electrons. The first kappa shape index (κ1) is 30.7. The third kappa shape index (κ3) is 6.79. The van der Waals surface area contributed by atoms with Crippen molar-refractivity contribution in [3.05, 3.63) is 107 Å². The first-order valence-electron chi connectivity index (χ1n) is 11.9. The second-order valence-electron chi connectivity index (χ2n) is 8.96. The smallest absolute Gasteiger partial charge is 0.418 e. The van der Waals surface area contributed by atoms with Gasteiger partial charge in [-0.1, -0.05) is 35.4 Å². The van der Waals surface area contributed by atoms with E-state index in [0.717, 1.165) is 39.7 Å². The highest BCUT2D eigenvalue weighted by Crippen LogP contribution is 2.43. The van der Waals surface area contributed by atoms with E-state index < -0.39 is 51.5 Å². The van der Waals surface area contributed by atoms with E-state index in [1.165, 1.54) is 30.3 Å². The number of anilines is 4. The summed E-state index contributed by atoms with van der Waals surface area (Å²) in [4.78, 5) is 12.1. The van der Waals surface area contributed by atoms with Crippen molar-refractivity contribution in [2.24, 2.45) is 0 Å². The van der Waals surface area contributed by atoms with Crippen molar-refractivity contribution in [3.63, 3.8) is 0 Å². The number of hydrogen-bond acceptors (Lipinski definition) is 6. The third-order valence-corrected chi connectivity index (χ3v) is 7.39. The van der Waals surface area contributed by atoms with Crippen LogP contribution in [-0.2, 0) is 28.7 Å². The number of aromatic carboxylic acids is 1. The van der Waals surface area contributed by atoms with Crippen molar-refractivity contribution >= 4 is 51.3 Å². The molecule has 0 amide bonds. The van der Waals surface area contributed by atoms with E-state index in [-0.39, 0.29) is 28.6 Å². The number of ether oxygens (including phenoxy) is 1. The highest BCUT2D eigenvalue weighted by atomic mass is 32.2. The minimum absolute atomic E-state index is 0.0244. The summed E-state index contributed by atoms with van der Waals surface area (Å²) >= 11 is -6.04. The molecule has 0 bridgehead atoms. The van der Waals surface area contributed by atoms with Gasteiger partial charge in [0.25, 0.3) is 0 Å². The molecule has 0 heterocycles. The summed E-state index contributed by atoms with van der Waals surface area (Å²) < 4.78 is 97.3. The molecule has 0 aromatic heterocycles. The third-order valence-electron chi connectivity index (χ3n) is 5.98. The number of hydrogen-bond donors (Lipinski definition) is 1. The molecule has 0 saturated carbocycles. The molecule has 9 nitrogen and oxygen atoms in total. The molecule has 220 valence electrons. The summed E-state index contributed by atoms with van der Waals surface area (Å²) in [5.74, 6) is -2.10. The highest BCUT2D eigenvalue weighted by molar-refractivity contribution is 7.81. The number of alkyl halides is 3. The molecule has 42 heavy (non-hydrogen) atoms. The summed E-state index contributed by atoms with van der Waals surface area (Å²) in [6, 6.07) is 18.0. The van der Waals surface area contributed by atoms with Gasteiger partial charge in [-0.25, -0.2) is 4.79 Å². The summed E-state index contributed by atoms with van der Waals surface area (Å²) in [5.41, 5.74) is -1.00. The van der Waals surface area contributed by atoms with E-state index in [0.29, 0.717) is 10.4 Å². The van der Waals surface area contributed by atoms with Crippen molar-refractivity contribution < 1.29 is 45.3 Å². The van der Waals surface area contributed by atoms with Gasteiger partial charge in [-0.2, -0.15) is 13.2 Å². The molecule has 0 aliphatic carbocycles. The molecule has 2 atom stereocenters. The Morgan fingerprint density at radius 1 is 0.738 bits per heavy atom. The molecule has 0 fully saturated rings. The lowest BCUT2D eigenvalue weighted by Crippen LogP contribution is -2.23. The van der Waals surface area contributed by atoms with Crippen LogP contribution < -0.4 is 13.3 Å². The number of aryl methyl sites for hydroxylation is 2. The van der Waals surface area contributed by atoms with E-state index in [1.54, 1.807) is 38.1 Å². The fourth-order valence-corrected chi connectivity index (χ4v) is 5.24. The summed E-state index contributed by atoms with van der Waals surface area (Å²) in [6.07, 6.45) is -5.00. The van der Waals surface area contributed by atoms with E-state index >= 15 is 0 Å². The van der Waals surface area contributed by atoms with Gasteiger partial charge in [0.2, 0.25) is 0 Å². The number of benzene rings is 4. The Bertz CT molecular complexity index is 1660. The van der Waals surface area contributed by atoms with Crippen molar-refractivity contribution in [3.8, 4) is 11.5 Å². The fourth-order valence-electron chi connectivity index (χ4n) is 4.02. The lowest BCUT2D eigenvalue weighted by Gasteiger charge is -2.29. The van der Waals surface area contributed by atoms with Crippen LogP contribution in [0.5, 0.6) is 11.5 Å². The van der Waals surface area contributed by atoms with Crippen molar-refractivity contribution in [1.29, 1.82) is 0 Å². The van der Waals surface area contributed by atoms with Gasteiger partial charge in [0.05, 0.1) is 56.4 Å². The van der Waals surface area contributed by atoms with E-state index in [2.05, 4.69) is 0 Å². The van der Waals surface area contributed by atoms with Crippen LogP contribution in [0.2, 0.25) is 0 Å². The van der Waals surface area contributed by atoms with Gasteiger partial charge in [0, 0.05) is 0 Å². The lowest BCUT2D eigenvalue weighted by molar-refractivity contribution is -0.137. The zero-order valence-electron chi connectivity index (χ0n) is 21.8. The Morgan fingerprint density at radius 3 is 1.60 bits per heavy atom. The topological polar surface area (TPSA) is 133 Å². The van der Waals surface area contributed by atoms with Gasteiger partial charge in [0.1, 0.15) is 11.5 Å². The largest absolute Gasteiger partial charge is 0.755 e. The molecular weight excluding hydrogens is 597 g/mol. The van der Waals surface area contributed by atoms with Gasteiger partial charge in [-0.05, 0) is 74.5 Å². The summed E-state index contributed by atoms with van der Waals surface area (Å²) in [6.45, 7) is 3.52. The lowest BCUT2D eigenvalue weighted by atomic mass is 10.1. The molecule has 4 aromatic carbocycles. The van der Waals surface area contributed by atoms with Crippen LogP contribution in [0.1, 0.15) is 27.0 Å². The molecule has 14 heteroatoms. The maximum atomic E-state index is 14.1. The van der Waals surface area contributed by atoms with Crippen molar-refractivity contribution in [2.45, 2.75) is 20.0 Å². The molecule has 0 aliphatic rings. The van der Waals surface area contributed by atoms with Crippen LogP contribution in [0.15, 0.2) is 84.9 Å². The summed E-state index contributed by atoms with van der Waals surface area (Å²) in [5, 5.41) is 9.81. The Kier molecular flexibility index (Phi) is 9.01. The first-order valence-corrected chi connectivity index (χ1v) is 14.0. The monoisotopic (exact) mass is 618 g/mol. The minimum Gasteiger partial charge on any atom is -0.755 e. The number of carboxylic acids is 1. The van der Waals surface area contributed by atoms with Crippen LogP contribution in [0.25, 0.3) is 0 Å². The second kappa shape index (κ2) is 12.3. The number of rotatable bonds is 9. The van der Waals surface area contributed by atoms with Gasteiger partial charge in [0.15, 0.2) is 0 Å². The van der Waals surface area contributed by atoms with Crippen LogP contribution in [-0.4, -0.2) is 28.6 Å². The predicted octanol–water partition coefficient (Wildman–Crippen LogP) is 6.68. The molecule has 0 saturated heterocycles. The van der Waals surface area contributed by atoms with Crippen LogP contribution in [0.3, 0.4) is 0 Å². The standard InChI is InChI=1S/C28H23F3N2O7S2/c1-17-3-7-19(8-4-17)32(41(36)37)25-13-11-21(15-23(25)27(34)35)40-22-12-14-26(24(16-22)28(29,30)31)33(42(38)39)20-9-5-18(2)6-10-20/h3-16H,1-2H3,(H,34,35)(H,36,37)(H,38,39)/p-2. The average molecular weight is 619 g/mol. The average Bonchev–Trinajstić information content (AvgIpc) is 2.91. The van der Waals surface area contributed by atoms with Crippen molar-refractivity contribution in [1.82, 2.24) is 0 Å². The van der Waals surface area contributed by atoms with Crippen molar-refractivity contribution in [2.75, 3.05) is 8.61 Å². The number of halogens is 3. The fraction of sp³-hybridized carbons (Fsp3) is 0.107. The first-order chi connectivity index (χ1) is 19.8. The van der Waals surface area contributed by atoms with Crippen LogP contribution in [0.4, 0.5) is 35.9 Å². The van der Waals surface area contributed by atoms with E-state index in [4.69, 9.17) is 4.74 Å². The molecular formula is C28H21F3N2O7S2-2. The van der Waals surface area contributed by atoms with Gasteiger partial charge >= 0.3 is 12.1 Å². The Morgan fingerprint density at radius 2 is 1.17 bits per heavy atom. The van der Waals surface area contributed by atoms with E-state index in [9.17, 15) is 40.6 Å². The maximum absolute atomic E-state index is 14.1. The Hall–Kier alpha value is -4.24. The number of carbonyl (C=O) groups is 1. The molecule has 1 N–H and O–H groups in total. The molecule has 4 aromatic rings. The number of carboxylic acid groups (broad SMARTS) is 1. The second-order valence-corrected chi connectivity index (χ2v) is 10.6. The molecule has 0 aliphatic heterocycles. The minimum atomic E-state index is -5.00. The normalized spacial score (nSPS) is 12.8. The summed E-state index contributed by atoms with van der Waals surface area (Å²) in [7, 11) is 0. The molecule has 4 rings (SSSR count). The highest BCUT2D eigenvalue weighted by Gasteiger charge is 2.36. The van der Waals surface area contributed by atoms with Crippen LogP contribution in [0, 0.1) is 13.8 Å². The van der Waals surface area contributed by atoms with Gasteiger partial charge in [-0.3, -0.25) is 17.0 Å². The van der Waals surface area contributed by atoms with Crippen LogP contribution >= 0.6 is 0 Å². The van der Waals surface area contributed by atoms with Gasteiger partial charge < -0.3 is 18.9 Å². The van der Waals surface area contributed by atoms with E-state index in [1.807, 2.05) is 0 Å². The number of nitrogens with zero attached hydrogens (tertiary/aromatic N) is 2. The SMILES string of the molecule is Cc1ccc(N(c2ccc(Oc3ccc(N(c4ccc(C)cc4)S(=O)[O-])c(C(F)(F)F)c3)cc2C(=O)O)S(=O)[O-])cc1. The quantitative estimate of drug-likeness (QED) is 0.207. The Labute approximate surface area is 243 Å². The maximum Gasteiger partial charge on any atom is 0.418 e. The predicted molar refractivity (Wildman–Crippen MR) is 149 cm³/mol. The Balaban J connectivity index is 1.75. The van der Waals surface area contributed by atoms with Gasteiger partial charge in [-0.15, -0.1) is 0 Å². The zero-order chi connectivity index (χ0) is 30.8. The zero-order valence-corrected chi connectivity index (χ0v) is 23.5.